The van der Waals surface area contributed by atoms with Crippen LogP contribution in [0.15, 0.2) is 30.9 Å². The van der Waals surface area contributed by atoms with Crippen LogP contribution in [0.2, 0.25) is 0 Å². The summed E-state index contributed by atoms with van der Waals surface area (Å²) in [6, 6.07) is 6.66. The van der Waals surface area contributed by atoms with Crippen molar-refractivity contribution in [2.24, 2.45) is 0 Å². The van der Waals surface area contributed by atoms with Gasteiger partial charge in [0.25, 0.3) is 0 Å². The van der Waals surface area contributed by atoms with Crippen LogP contribution in [0.25, 0.3) is 0 Å². The second-order valence-corrected chi connectivity index (χ2v) is 5.00. The topological polar surface area (TPSA) is 24.5 Å². The van der Waals surface area contributed by atoms with Crippen molar-refractivity contribution < 1.29 is 4.74 Å². The van der Waals surface area contributed by atoms with Crippen LogP contribution in [0.1, 0.15) is 16.7 Å². The summed E-state index contributed by atoms with van der Waals surface area (Å²) in [5.41, 5.74) is 4.44. The van der Waals surface area contributed by atoms with Crippen molar-refractivity contribution in [2.75, 3.05) is 33.4 Å². The third-order valence-corrected chi connectivity index (χ3v) is 3.63. The van der Waals surface area contributed by atoms with E-state index in [0.717, 1.165) is 45.8 Å². The average molecular weight is 260 g/mol. The Morgan fingerprint density at radius 3 is 3.16 bits per heavy atom. The van der Waals surface area contributed by atoms with Gasteiger partial charge in [-0.05, 0) is 29.7 Å². The van der Waals surface area contributed by atoms with Crippen LogP contribution in [0.3, 0.4) is 0 Å². The summed E-state index contributed by atoms with van der Waals surface area (Å²) in [5, 5.41) is 3.43. The predicted molar refractivity (Wildman–Crippen MR) is 79.2 cm³/mol. The van der Waals surface area contributed by atoms with Crippen LogP contribution in [-0.2, 0) is 24.2 Å². The highest BCUT2D eigenvalue weighted by molar-refractivity contribution is 5.37. The van der Waals surface area contributed by atoms with E-state index in [0.29, 0.717) is 0 Å². The Labute approximate surface area is 116 Å². The van der Waals surface area contributed by atoms with E-state index in [4.69, 9.17) is 4.74 Å². The Hall–Kier alpha value is -1.16. The van der Waals surface area contributed by atoms with E-state index in [1.165, 1.54) is 16.7 Å². The van der Waals surface area contributed by atoms with E-state index in [1.807, 2.05) is 6.08 Å². The highest BCUT2D eigenvalue weighted by Gasteiger charge is 2.14. The molecule has 1 aliphatic rings. The zero-order valence-electron chi connectivity index (χ0n) is 11.8. The van der Waals surface area contributed by atoms with Gasteiger partial charge in [-0.1, -0.05) is 24.3 Å². The molecule has 0 unspecified atom stereocenters. The lowest BCUT2D eigenvalue weighted by molar-refractivity contribution is 0.151. The number of ether oxygens (including phenoxy) is 1. The number of hydrogen-bond donors (Lipinski definition) is 1. The van der Waals surface area contributed by atoms with Crippen molar-refractivity contribution in [3.05, 3.63) is 47.5 Å². The van der Waals surface area contributed by atoms with E-state index in [1.54, 1.807) is 7.11 Å². The maximum Gasteiger partial charge on any atom is 0.0589 e. The second kappa shape index (κ2) is 7.43. The van der Waals surface area contributed by atoms with Crippen LogP contribution in [-0.4, -0.2) is 38.3 Å². The van der Waals surface area contributed by atoms with Crippen LogP contribution >= 0.6 is 0 Å². The van der Waals surface area contributed by atoms with E-state index in [9.17, 15) is 0 Å². The molecule has 3 nitrogen and oxygen atoms in total. The average Bonchev–Trinajstić information content (AvgIpc) is 2.45. The fourth-order valence-electron chi connectivity index (χ4n) is 2.64. The summed E-state index contributed by atoms with van der Waals surface area (Å²) in [7, 11) is 1.75. The van der Waals surface area contributed by atoms with Crippen molar-refractivity contribution in [3.8, 4) is 0 Å². The van der Waals surface area contributed by atoms with E-state index in [-0.39, 0.29) is 0 Å². The lowest BCUT2D eigenvalue weighted by Crippen LogP contribution is -2.29. The Kier molecular flexibility index (Phi) is 5.58. The Balaban J connectivity index is 2.09. The fourth-order valence-corrected chi connectivity index (χ4v) is 2.64. The Morgan fingerprint density at radius 1 is 1.47 bits per heavy atom. The number of hydrogen-bond acceptors (Lipinski definition) is 3. The van der Waals surface area contributed by atoms with Crippen molar-refractivity contribution in [3.63, 3.8) is 0 Å². The van der Waals surface area contributed by atoms with Gasteiger partial charge in [0, 0.05) is 33.3 Å². The summed E-state index contributed by atoms with van der Waals surface area (Å²) in [6.45, 7) is 9.54. The van der Waals surface area contributed by atoms with Crippen LogP contribution < -0.4 is 5.32 Å². The minimum absolute atomic E-state index is 0.768. The van der Waals surface area contributed by atoms with Gasteiger partial charge >= 0.3 is 0 Å². The maximum atomic E-state index is 5.18. The van der Waals surface area contributed by atoms with Crippen molar-refractivity contribution in [2.45, 2.75) is 19.5 Å². The minimum Gasteiger partial charge on any atom is -0.383 e. The monoisotopic (exact) mass is 260 g/mol. The normalized spacial score (nSPS) is 14.4. The molecule has 0 aliphatic carbocycles. The molecule has 1 aromatic carbocycles. The summed E-state index contributed by atoms with van der Waals surface area (Å²) in [5.74, 6) is 0. The van der Waals surface area contributed by atoms with Gasteiger partial charge in [-0.2, -0.15) is 0 Å². The molecule has 2 rings (SSSR count). The zero-order valence-corrected chi connectivity index (χ0v) is 11.8. The van der Waals surface area contributed by atoms with E-state index < -0.39 is 0 Å². The molecule has 0 aromatic heterocycles. The molecule has 0 atom stereocenters. The van der Waals surface area contributed by atoms with Crippen LogP contribution in [0.4, 0.5) is 0 Å². The molecule has 0 fully saturated rings. The molecular weight excluding hydrogens is 236 g/mol. The summed E-state index contributed by atoms with van der Waals surface area (Å²) < 4.78 is 5.18. The zero-order chi connectivity index (χ0) is 13.5. The SMILES string of the molecule is C=CCN(CCOC)Cc1cccc2c1CCNC2. The van der Waals surface area contributed by atoms with Gasteiger partial charge in [-0.3, -0.25) is 4.90 Å². The number of benzene rings is 1. The fraction of sp³-hybridized carbons (Fsp3) is 0.500. The minimum atomic E-state index is 0.768. The van der Waals surface area contributed by atoms with E-state index >= 15 is 0 Å². The highest BCUT2D eigenvalue weighted by Crippen LogP contribution is 2.20. The van der Waals surface area contributed by atoms with Gasteiger partial charge in [0.1, 0.15) is 0 Å². The van der Waals surface area contributed by atoms with Crippen LogP contribution in [0, 0.1) is 0 Å². The Bertz CT molecular complexity index is 417. The molecule has 1 heterocycles. The van der Waals surface area contributed by atoms with Gasteiger partial charge in [0.05, 0.1) is 6.61 Å². The molecule has 1 N–H and O–H groups in total. The number of nitrogens with zero attached hydrogens (tertiary/aromatic N) is 1. The lowest BCUT2D eigenvalue weighted by atomic mass is 9.95. The standard InChI is InChI=1S/C16H24N2O/c1-3-9-18(10-11-19-2)13-15-6-4-5-14-12-17-8-7-16(14)15/h3-6,17H,1,7-13H2,2H3. The lowest BCUT2D eigenvalue weighted by Gasteiger charge is -2.25. The largest absolute Gasteiger partial charge is 0.383 e. The summed E-state index contributed by atoms with van der Waals surface area (Å²) >= 11 is 0. The number of nitrogens with one attached hydrogen (secondary N) is 1. The second-order valence-electron chi connectivity index (χ2n) is 5.00. The number of methoxy groups -OCH3 is 1. The molecule has 3 heteroatoms. The Morgan fingerprint density at radius 2 is 2.37 bits per heavy atom. The molecule has 1 aliphatic heterocycles. The highest BCUT2D eigenvalue weighted by atomic mass is 16.5. The van der Waals surface area contributed by atoms with Crippen LogP contribution in [0.5, 0.6) is 0 Å². The molecule has 0 spiro atoms. The molecule has 0 saturated carbocycles. The quantitative estimate of drug-likeness (QED) is 0.759. The predicted octanol–water partition coefficient (Wildman–Crippen LogP) is 1.97. The smallest absolute Gasteiger partial charge is 0.0589 e. The first-order valence-corrected chi connectivity index (χ1v) is 6.97. The van der Waals surface area contributed by atoms with Gasteiger partial charge in [-0.25, -0.2) is 0 Å². The van der Waals surface area contributed by atoms with Crippen molar-refractivity contribution >= 4 is 0 Å². The number of rotatable bonds is 7. The van der Waals surface area contributed by atoms with Gasteiger partial charge < -0.3 is 10.1 Å². The third-order valence-electron chi connectivity index (χ3n) is 3.63. The summed E-state index contributed by atoms with van der Waals surface area (Å²) in [6.07, 6.45) is 3.10. The van der Waals surface area contributed by atoms with Gasteiger partial charge in [0.2, 0.25) is 0 Å². The van der Waals surface area contributed by atoms with Gasteiger partial charge in [-0.15, -0.1) is 6.58 Å². The molecule has 1 aromatic rings. The molecule has 0 amide bonds. The first-order chi connectivity index (χ1) is 9.35. The first-order valence-electron chi connectivity index (χ1n) is 6.97. The molecule has 104 valence electrons. The van der Waals surface area contributed by atoms with E-state index in [2.05, 4.69) is 35.0 Å². The third kappa shape index (κ3) is 3.90. The molecule has 0 bridgehead atoms. The summed E-state index contributed by atoms with van der Waals surface area (Å²) in [4.78, 5) is 2.38. The van der Waals surface area contributed by atoms with Gasteiger partial charge in [0.15, 0.2) is 0 Å². The maximum absolute atomic E-state index is 5.18. The van der Waals surface area contributed by atoms with Crippen molar-refractivity contribution in [1.82, 2.24) is 10.2 Å². The first kappa shape index (κ1) is 14.3. The molecule has 19 heavy (non-hydrogen) atoms. The molecule has 0 radical (unpaired) electrons. The molecular formula is C16H24N2O. The molecule has 0 saturated heterocycles. The number of fused-ring (bicyclic) bond motifs is 1. The van der Waals surface area contributed by atoms with Crippen molar-refractivity contribution in [1.29, 1.82) is 0 Å².